The van der Waals surface area contributed by atoms with E-state index in [1.54, 1.807) is 25.6 Å². The molecule has 0 atom stereocenters. The maximum Gasteiger partial charge on any atom is 0.229 e. The molecule has 0 spiro atoms. The van der Waals surface area contributed by atoms with Crippen LogP contribution in [0.4, 0.5) is 11.6 Å². The van der Waals surface area contributed by atoms with Crippen molar-refractivity contribution in [2.45, 2.75) is 6.92 Å². The second-order valence-corrected chi connectivity index (χ2v) is 6.19. The predicted octanol–water partition coefficient (Wildman–Crippen LogP) is 4.53. The average Bonchev–Trinajstić information content (AvgIpc) is 3.06. The Balaban J connectivity index is 1.72. The van der Waals surface area contributed by atoms with Crippen molar-refractivity contribution >= 4 is 34.3 Å². The van der Waals surface area contributed by atoms with Gasteiger partial charge in [0, 0.05) is 29.7 Å². The molecule has 0 fully saturated rings. The van der Waals surface area contributed by atoms with E-state index in [1.165, 1.54) is 0 Å². The number of rotatable bonds is 4. The largest absolute Gasteiger partial charge is 0.497 e. The summed E-state index contributed by atoms with van der Waals surface area (Å²) in [4.78, 5) is 13.1. The van der Waals surface area contributed by atoms with Gasteiger partial charge >= 0.3 is 0 Å². The van der Waals surface area contributed by atoms with E-state index in [4.69, 9.17) is 16.3 Å². The van der Waals surface area contributed by atoms with Gasteiger partial charge in [-0.15, -0.1) is 0 Å². The third kappa shape index (κ3) is 3.07. The van der Waals surface area contributed by atoms with Crippen LogP contribution in [-0.4, -0.2) is 26.6 Å². The van der Waals surface area contributed by atoms with E-state index in [0.29, 0.717) is 11.1 Å². The van der Waals surface area contributed by atoms with E-state index in [-0.39, 0.29) is 0 Å². The number of pyridine rings is 1. The zero-order valence-electron chi connectivity index (χ0n) is 14.3. The van der Waals surface area contributed by atoms with Crippen molar-refractivity contribution in [2.75, 3.05) is 12.4 Å². The molecular weight excluding hydrogens is 350 g/mol. The minimum atomic E-state index is 0.436. The molecule has 0 bridgehead atoms. The Bertz CT molecular complexity index is 1090. The summed E-state index contributed by atoms with van der Waals surface area (Å²) in [7, 11) is 1.65. The summed E-state index contributed by atoms with van der Waals surface area (Å²) in [6, 6.07) is 11.4. The number of benzene rings is 1. The standard InChI is InChI=1S/C19H16ClN5O/c1-12-9-15(26-2)3-4-16(12)23-19-22-11-13-6-8-25(18(13)24-19)14-5-7-21-17(20)10-14/h3-11H,1-2H3,(H,22,23,24). The van der Waals surface area contributed by atoms with Crippen LogP contribution in [0.2, 0.25) is 5.15 Å². The Morgan fingerprint density at radius 3 is 2.77 bits per heavy atom. The average molecular weight is 366 g/mol. The summed E-state index contributed by atoms with van der Waals surface area (Å²) in [6.07, 6.45) is 5.40. The van der Waals surface area contributed by atoms with Crippen LogP contribution < -0.4 is 10.1 Å². The zero-order chi connectivity index (χ0) is 18.1. The molecule has 6 nitrogen and oxygen atoms in total. The molecule has 26 heavy (non-hydrogen) atoms. The molecule has 0 radical (unpaired) electrons. The van der Waals surface area contributed by atoms with E-state index in [2.05, 4.69) is 20.3 Å². The van der Waals surface area contributed by atoms with Crippen LogP contribution in [0.15, 0.2) is 55.0 Å². The molecule has 0 saturated heterocycles. The molecule has 0 saturated carbocycles. The molecule has 0 aliphatic rings. The van der Waals surface area contributed by atoms with Crippen LogP contribution in [0.25, 0.3) is 16.7 Å². The Kier molecular flexibility index (Phi) is 4.18. The first kappa shape index (κ1) is 16.4. The monoisotopic (exact) mass is 365 g/mol. The van der Waals surface area contributed by atoms with Crippen molar-refractivity contribution in [1.82, 2.24) is 19.5 Å². The fourth-order valence-electron chi connectivity index (χ4n) is 2.75. The van der Waals surface area contributed by atoms with Gasteiger partial charge in [0.1, 0.15) is 16.5 Å². The highest BCUT2D eigenvalue weighted by Crippen LogP contribution is 2.25. The lowest BCUT2D eigenvalue weighted by molar-refractivity contribution is 0.414. The summed E-state index contributed by atoms with van der Waals surface area (Å²) in [5.41, 5.74) is 3.65. The fourth-order valence-corrected chi connectivity index (χ4v) is 2.92. The number of ether oxygens (including phenoxy) is 1. The maximum atomic E-state index is 6.01. The zero-order valence-corrected chi connectivity index (χ0v) is 15.0. The smallest absolute Gasteiger partial charge is 0.229 e. The molecule has 0 unspecified atom stereocenters. The maximum absolute atomic E-state index is 6.01. The van der Waals surface area contributed by atoms with Gasteiger partial charge in [0.05, 0.1) is 12.8 Å². The highest BCUT2D eigenvalue weighted by molar-refractivity contribution is 6.29. The Morgan fingerprint density at radius 2 is 2.00 bits per heavy atom. The van der Waals surface area contributed by atoms with Gasteiger partial charge < -0.3 is 14.6 Å². The second-order valence-electron chi connectivity index (χ2n) is 5.80. The van der Waals surface area contributed by atoms with Gasteiger partial charge in [-0.25, -0.2) is 9.97 Å². The Morgan fingerprint density at radius 1 is 1.12 bits per heavy atom. The number of nitrogens with one attached hydrogen (secondary N) is 1. The molecule has 3 aromatic heterocycles. The molecule has 0 aliphatic carbocycles. The summed E-state index contributed by atoms with van der Waals surface area (Å²) in [6.45, 7) is 2.01. The SMILES string of the molecule is COc1ccc(Nc2ncc3ccn(-c4ccnc(Cl)c4)c3n2)c(C)c1. The Labute approximate surface area is 155 Å². The Hall–Kier alpha value is -3.12. The van der Waals surface area contributed by atoms with E-state index in [0.717, 1.165) is 33.7 Å². The van der Waals surface area contributed by atoms with Crippen molar-refractivity contribution in [1.29, 1.82) is 0 Å². The highest BCUT2D eigenvalue weighted by Gasteiger charge is 2.09. The number of halogens is 1. The molecule has 0 amide bonds. The van der Waals surface area contributed by atoms with Crippen LogP contribution in [0.3, 0.4) is 0 Å². The minimum absolute atomic E-state index is 0.436. The highest BCUT2D eigenvalue weighted by atomic mass is 35.5. The molecule has 130 valence electrons. The van der Waals surface area contributed by atoms with E-state index >= 15 is 0 Å². The lowest BCUT2D eigenvalue weighted by Crippen LogP contribution is -2.01. The molecule has 0 aliphatic heterocycles. The topological polar surface area (TPSA) is 64.9 Å². The lowest BCUT2D eigenvalue weighted by atomic mass is 10.2. The van der Waals surface area contributed by atoms with Crippen LogP contribution in [-0.2, 0) is 0 Å². The number of methoxy groups -OCH3 is 1. The summed E-state index contributed by atoms with van der Waals surface area (Å²) in [5.74, 6) is 1.33. The summed E-state index contributed by atoms with van der Waals surface area (Å²) in [5, 5.41) is 4.64. The van der Waals surface area contributed by atoms with Gasteiger partial charge in [-0.1, -0.05) is 11.6 Å². The van der Waals surface area contributed by atoms with Crippen molar-refractivity contribution in [2.24, 2.45) is 0 Å². The van der Waals surface area contributed by atoms with Gasteiger partial charge in [-0.2, -0.15) is 4.98 Å². The summed E-state index contributed by atoms with van der Waals surface area (Å²) < 4.78 is 7.20. The first-order valence-electron chi connectivity index (χ1n) is 8.02. The fraction of sp³-hybridized carbons (Fsp3) is 0.105. The number of hydrogen-bond acceptors (Lipinski definition) is 5. The van der Waals surface area contributed by atoms with Crippen LogP contribution in [0.1, 0.15) is 5.56 Å². The number of anilines is 2. The third-order valence-corrected chi connectivity index (χ3v) is 4.30. The third-order valence-electron chi connectivity index (χ3n) is 4.10. The van der Waals surface area contributed by atoms with Gasteiger partial charge in [0.25, 0.3) is 0 Å². The quantitative estimate of drug-likeness (QED) is 0.538. The number of nitrogens with zero attached hydrogens (tertiary/aromatic N) is 4. The van der Waals surface area contributed by atoms with Gasteiger partial charge in [-0.3, -0.25) is 0 Å². The number of aryl methyl sites for hydroxylation is 1. The van der Waals surface area contributed by atoms with Gasteiger partial charge in [0.2, 0.25) is 5.95 Å². The molecular formula is C19H16ClN5O. The van der Waals surface area contributed by atoms with Crippen LogP contribution in [0, 0.1) is 6.92 Å². The number of fused-ring (bicyclic) bond motifs is 1. The van der Waals surface area contributed by atoms with Crippen molar-refractivity contribution < 1.29 is 4.74 Å². The normalized spacial score (nSPS) is 10.9. The molecule has 4 aromatic rings. The summed E-state index contributed by atoms with van der Waals surface area (Å²) >= 11 is 6.01. The molecule has 3 heterocycles. The molecule has 4 rings (SSSR count). The van der Waals surface area contributed by atoms with E-state index < -0.39 is 0 Å². The van der Waals surface area contributed by atoms with E-state index in [1.807, 2.05) is 48.0 Å². The first-order valence-corrected chi connectivity index (χ1v) is 8.39. The van der Waals surface area contributed by atoms with Crippen molar-refractivity contribution in [3.05, 3.63) is 65.7 Å². The lowest BCUT2D eigenvalue weighted by Gasteiger charge is -2.10. The number of aromatic nitrogens is 4. The van der Waals surface area contributed by atoms with Gasteiger partial charge in [-0.05, 0) is 48.9 Å². The van der Waals surface area contributed by atoms with E-state index in [9.17, 15) is 0 Å². The molecule has 1 aromatic carbocycles. The molecule has 1 N–H and O–H groups in total. The predicted molar refractivity (Wildman–Crippen MR) is 103 cm³/mol. The molecule has 7 heteroatoms. The van der Waals surface area contributed by atoms with Gasteiger partial charge in [0.15, 0.2) is 0 Å². The second kappa shape index (κ2) is 6.65. The first-order chi connectivity index (χ1) is 12.6. The van der Waals surface area contributed by atoms with Crippen molar-refractivity contribution in [3.63, 3.8) is 0 Å². The minimum Gasteiger partial charge on any atom is -0.497 e. The van der Waals surface area contributed by atoms with Crippen LogP contribution >= 0.6 is 11.6 Å². The van der Waals surface area contributed by atoms with Crippen molar-refractivity contribution in [3.8, 4) is 11.4 Å². The van der Waals surface area contributed by atoms with Crippen LogP contribution in [0.5, 0.6) is 5.75 Å². The number of hydrogen-bond donors (Lipinski definition) is 1.